The van der Waals surface area contributed by atoms with E-state index in [2.05, 4.69) is 0 Å². The van der Waals surface area contributed by atoms with Gasteiger partial charge in [0.1, 0.15) is 0 Å². The Morgan fingerprint density at radius 2 is 2.14 bits per heavy atom. The van der Waals surface area contributed by atoms with Gasteiger partial charge in [-0.2, -0.15) is 0 Å². The molecular weight excluding hydrogens is 225 g/mol. The molecule has 0 atom stereocenters. The third-order valence-corrected chi connectivity index (χ3v) is 2.31. The molecule has 0 saturated carbocycles. The average molecular weight is 234 g/mol. The van der Waals surface area contributed by atoms with Crippen molar-refractivity contribution < 1.29 is 9.53 Å². The lowest BCUT2D eigenvalue weighted by Crippen LogP contribution is -2.05. The van der Waals surface area contributed by atoms with E-state index in [1.54, 1.807) is 12.1 Å². The summed E-state index contributed by atoms with van der Waals surface area (Å²) < 4.78 is 4.86. The molecule has 76 valence electrons. The number of nitrogens with two attached hydrogens (primary N) is 1. The topological polar surface area (TPSA) is 52.3 Å². The lowest BCUT2D eigenvalue weighted by Gasteiger charge is -2.09. The first-order valence-corrected chi connectivity index (χ1v) is 4.67. The molecule has 0 unspecified atom stereocenters. The number of ether oxygens (including phenoxy) is 1. The highest BCUT2D eigenvalue weighted by atomic mass is 35.5. The molecule has 0 saturated heterocycles. The first kappa shape index (κ1) is 11.3. The van der Waals surface area contributed by atoms with Gasteiger partial charge in [-0.05, 0) is 11.6 Å². The van der Waals surface area contributed by atoms with Crippen LogP contribution >= 0.6 is 23.2 Å². The van der Waals surface area contributed by atoms with Crippen molar-refractivity contribution in [2.75, 3.05) is 0 Å². The van der Waals surface area contributed by atoms with Crippen LogP contribution in [0.3, 0.4) is 0 Å². The van der Waals surface area contributed by atoms with Crippen LogP contribution in [-0.4, -0.2) is 5.97 Å². The molecule has 0 aliphatic rings. The third-order valence-electron chi connectivity index (χ3n) is 1.59. The smallest absolute Gasteiger partial charge is 0.308 e. The maximum atomic E-state index is 10.7. The van der Waals surface area contributed by atoms with Crippen LogP contribution in [0.2, 0.25) is 10.0 Å². The van der Waals surface area contributed by atoms with Gasteiger partial charge in [0.25, 0.3) is 0 Å². The fourth-order valence-electron chi connectivity index (χ4n) is 0.968. The summed E-state index contributed by atoms with van der Waals surface area (Å²) >= 11 is 11.7. The molecule has 0 amide bonds. The van der Waals surface area contributed by atoms with Crippen molar-refractivity contribution in [1.29, 1.82) is 0 Å². The monoisotopic (exact) mass is 233 g/mol. The van der Waals surface area contributed by atoms with Crippen LogP contribution < -0.4 is 10.5 Å². The Bertz CT molecular complexity index is 366. The number of hydrogen-bond acceptors (Lipinski definition) is 3. The Kier molecular flexibility index (Phi) is 3.75. The highest BCUT2D eigenvalue weighted by Gasteiger charge is 2.12. The summed E-state index contributed by atoms with van der Waals surface area (Å²) in [5.41, 5.74) is 6.12. The van der Waals surface area contributed by atoms with Gasteiger partial charge in [-0.3, -0.25) is 4.79 Å². The predicted molar refractivity (Wildman–Crippen MR) is 55.7 cm³/mol. The summed E-state index contributed by atoms with van der Waals surface area (Å²) in [6.45, 7) is 1.55. The zero-order valence-electron chi connectivity index (χ0n) is 7.51. The second kappa shape index (κ2) is 4.64. The van der Waals surface area contributed by atoms with Gasteiger partial charge >= 0.3 is 5.97 Å². The zero-order chi connectivity index (χ0) is 10.7. The minimum absolute atomic E-state index is 0.170. The summed E-state index contributed by atoms with van der Waals surface area (Å²) in [7, 11) is 0. The summed E-state index contributed by atoms with van der Waals surface area (Å²) in [6, 6.07) is 3.28. The van der Waals surface area contributed by atoms with Crippen LogP contribution in [0, 0.1) is 0 Å². The molecule has 14 heavy (non-hydrogen) atoms. The van der Waals surface area contributed by atoms with Gasteiger partial charge in [0.05, 0.1) is 10.0 Å². The van der Waals surface area contributed by atoms with Crippen molar-refractivity contribution in [3.8, 4) is 5.75 Å². The summed E-state index contributed by atoms with van der Waals surface area (Å²) in [5, 5.41) is 0.581. The van der Waals surface area contributed by atoms with E-state index in [4.69, 9.17) is 33.7 Å². The molecule has 0 radical (unpaired) electrons. The van der Waals surface area contributed by atoms with E-state index >= 15 is 0 Å². The van der Waals surface area contributed by atoms with Crippen LogP contribution in [0.1, 0.15) is 12.5 Å². The average Bonchev–Trinajstić information content (AvgIpc) is 2.12. The van der Waals surface area contributed by atoms with Crippen LogP contribution in [0.15, 0.2) is 12.1 Å². The molecule has 0 aliphatic heterocycles. The van der Waals surface area contributed by atoms with Gasteiger partial charge < -0.3 is 10.5 Å². The lowest BCUT2D eigenvalue weighted by atomic mass is 10.2. The molecule has 0 fully saturated rings. The van der Waals surface area contributed by atoms with Crippen molar-refractivity contribution in [2.45, 2.75) is 13.5 Å². The third kappa shape index (κ3) is 2.38. The van der Waals surface area contributed by atoms with Gasteiger partial charge in [0, 0.05) is 13.5 Å². The van der Waals surface area contributed by atoms with Crippen LogP contribution in [-0.2, 0) is 11.3 Å². The van der Waals surface area contributed by atoms with E-state index in [9.17, 15) is 4.79 Å². The molecule has 2 N–H and O–H groups in total. The predicted octanol–water partition coefficient (Wildman–Crippen LogP) is 2.38. The Hall–Kier alpha value is -0.770. The van der Waals surface area contributed by atoms with Gasteiger partial charge in [0.15, 0.2) is 5.75 Å². The van der Waals surface area contributed by atoms with E-state index in [1.807, 2.05) is 0 Å². The molecular formula is C9H9Cl2NO2. The van der Waals surface area contributed by atoms with Crippen molar-refractivity contribution in [3.63, 3.8) is 0 Å². The maximum absolute atomic E-state index is 10.7. The second-order valence-corrected chi connectivity index (χ2v) is 3.43. The minimum Gasteiger partial charge on any atom is -0.424 e. The van der Waals surface area contributed by atoms with E-state index in [-0.39, 0.29) is 17.3 Å². The largest absolute Gasteiger partial charge is 0.424 e. The Morgan fingerprint density at radius 1 is 1.50 bits per heavy atom. The normalized spacial score (nSPS) is 10.0. The van der Waals surface area contributed by atoms with Gasteiger partial charge in [-0.25, -0.2) is 0 Å². The van der Waals surface area contributed by atoms with Gasteiger partial charge in [-0.1, -0.05) is 29.3 Å². The lowest BCUT2D eigenvalue weighted by molar-refractivity contribution is -0.131. The second-order valence-electron chi connectivity index (χ2n) is 2.65. The van der Waals surface area contributed by atoms with Gasteiger partial charge in [0.2, 0.25) is 0 Å². The zero-order valence-corrected chi connectivity index (χ0v) is 9.02. The summed E-state index contributed by atoms with van der Waals surface area (Å²) in [5.74, 6) is -0.299. The minimum atomic E-state index is -0.469. The van der Waals surface area contributed by atoms with E-state index in [0.29, 0.717) is 10.6 Å². The fourth-order valence-corrected chi connectivity index (χ4v) is 1.49. The fraction of sp³-hybridized carbons (Fsp3) is 0.222. The van der Waals surface area contributed by atoms with Crippen LogP contribution in [0.5, 0.6) is 5.75 Å². The molecule has 3 nitrogen and oxygen atoms in total. The maximum Gasteiger partial charge on any atom is 0.308 e. The first-order valence-electron chi connectivity index (χ1n) is 3.91. The Labute approximate surface area is 91.7 Å². The molecule has 5 heteroatoms. The number of carbonyl (C=O) groups is 1. The molecule has 0 bridgehead atoms. The highest BCUT2D eigenvalue weighted by Crippen LogP contribution is 2.35. The molecule has 0 aromatic heterocycles. The van der Waals surface area contributed by atoms with E-state index in [1.165, 1.54) is 6.92 Å². The number of benzene rings is 1. The summed E-state index contributed by atoms with van der Waals surface area (Å²) in [6.07, 6.45) is 0. The van der Waals surface area contributed by atoms with Crippen molar-refractivity contribution in [2.24, 2.45) is 5.73 Å². The van der Waals surface area contributed by atoms with Crippen molar-refractivity contribution >= 4 is 29.2 Å². The van der Waals surface area contributed by atoms with E-state index < -0.39 is 5.97 Å². The molecule has 0 aliphatic carbocycles. The van der Waals surface area contributed by atoms with Crippen molar-refractivity contribution in [3.05, 3.63) is 27.7 Å². The van der Waals surface area contributed by atoms with Crippen LogP contribution in [0.4, 0.5) is 0 Å². The number of esters is 1. The number of carbonyl (C=O) groups excluding carboxylic acids is 1. The highest BCUT2D eigenvalue weighted by molar-refractivity contribution is 6.37. The molecule has 1 aromatic rings. The Balaban J connectivity index is 3.18. The first-order chi connectivity index (χ1) is 6.56. The SMILES string of the molecule is CC(=O)Oc1c(Cl)ccc(CN)c1Cl. The molecule has 1 aromatic carbocycles. The van der Waals surface area contributed by atoms with E-state index in [0.717, 1.165) is 0 Å². The van der Waals surface area contributed by atoms with Crippen molar-refractivity contribution in [1.82, 2.24) is 0 Å². The summed E-state index contributed by atoms with van der Waals surface area (Å²) in [4.78, 5) is 10.7. The molecule has 0 spiro atoms. The van der Waals surface area contributed by atoms with Gasteiger partial charge in [-0.15, -0.1) is 0 Å². The number of hydrogen-bond donors (Lipinski definition) is 1. The quantitative estimate of drug-likeness (QED) is 0.631. The number of rotatable bonds is 2. The standard InChI is InChI=1S/C9H9Cl2NO2/c1-5(13)14-9-7(10)3-2-6(4-12)8(9)11/h2-3H,4,12H2,1H3. The number of halogens is 2. The van der Waals surface area contributed by atoms with Crippen LogP contribution in [0.25, 0.3) is 0 Å². The molecule has 0 heterocycles. The Morgan fingerprint density at radius 3 is 2.64 bits per heavy atom. The molecule has 1 rings (SSSR count).